The van der Waals surface area contributed by atoms with E-state index in [4.69, 9.17) is 5.73 Å². The lowest BCUT2D eigenvalue weighted by molar-refractivity contribution is 0.141. The van der Waals surface area contributed by atoms with Gasteiger partial charge in [-0.25, -0.2) is 17.9 Å². The van der Waals surface area contributed by atoms with Gasteiger partial charge in [-0.1, -0.05) is 30.3 Å². The molecule has 0 fully saturated rings. The Morgan fingerprint density at radius 2 is 1.94 bits per heavy atom. The average Bonchev–Trinajstić information content (AvgIpc) is 2.27. The summed E-state index contributed by atoms with van der Waals surface area (Å²) in [6.07, 6.45) is -1.15. The largest absolute Gasteiger partial charge is 0.423 e. The minimum Gasteiger partial charge on any atom is -0.423 e. The summed E-state index contributed by atoms with van der Waals surface area (Å²) in [5, 5.41) is 0. The highest BCUT2D eigenvalue weighted by Crippen LogP contribution is 2.22. The van der Waals surface area contributed by atoms with Crippen LogP contribution in [-0.2, 0) is 14.8 Å². The standard InChI is InChI=1S/C9H12N2O4S/c1-11-16(13,14)8(15-9(10)12)7-5-3-2-4-6-7/h2-6,8,11H,1H3,(H2,10,12). The van der Waals surface area contributed by atoms with Crippen LogP contribution in [0.1, 0.15) is 11.0 Å². The number of sulfonamides is 1. The molecular weight excluding hydrogens is 232 g/mol. The molecule has 0 aliphatic carbocycles. The zero-order valence-corrected chi connectivity index (χ0v) is 9.40. The summed E-state index contributed by atoms with van der Waals surface area (Å²) in [5.74, 6) is 0. The van der Waals surface area contributed by atoms with Crippen LogP contribution in [0.2, 0.25) is 0 Å². The van der Waals surface area contributed by atoms with Gasteiger partial charge in [0.1, 0.15) is 0 Å². The first-order valence-corrected chi connectivity index (χ1v) is 5.95. The summed E-state index contributed by atoms with van der Waals surface area (Å²) in [5.41, 5.74) is 3.72. The molecule has 1 rings (SSSR count). The molecular formula is C9H12N2O4S. The minimum atomic E-state index is -3.78. The van der Waals surface area contributed by atoms with Crippen LogP contribution in [0, 0.1) is 0 Å². The maximum atomic E-state index is 11.6. The lowest BCUT2D eigenvalue weighted by Gasteiger charge is -2.16. The smallest absolute Gasteiger partial charge is 0.406 e. The molecule has 88 valence electrons. The quantitative estimate of drug-likeness (QED) is 0.797. The number of primary amides is 1. The first-order valence-electron chi connectivity index (χ1n) is 4.41. The van der Waals surface area contributed by atoms with Crippen molar-refractivity contribution in [2.45, 2.75) is 5.44 Å². The van der Waals surface area contributed by atoms with Crippen molar-refractivity contribution in [1.29, 1.82) is 0 Å². The lowest BCUT2D eigenvalue weighted by Crippen LogP contribution is -2.30. The molecule has 0 aliphatic rings. The molecule has 0 spiro atoms. The van der Waals surface area contributed by atoms with Crippen LogP contribution in [0.15, 0.2) is 30.3 Å². The van der Waals surface area contributed by atoms with E-state index in [0.29, 0.717) is 5.56 Å². The van der Waals surface area contributed by atoms with Crippen LogP contribution in [-0.4, -0.2) is 21.6 Å². The Kier molecular flexibility index (Phi) is 3.86. The highest BCUT2D eigenvalue weighted by molar-refractivity contribution is 7.89. The van der Waals surface area contributed by atoms with Crippen LogP contribution in [0.25, 0.3) is 0 Å². The van der Waals surface area contributed by atoms with E-state index in [9.17, 15) is 13.2 Å². The normalized spacial score (nSPS) is 13.1. The number of carbonyl (C=O) groups is 1. The molecule has 1 aromatic carbocycles. The van der Waals surface area contributed by atoms with Gasteiger partial charge in [0.15, 0.2) is 0 Å². The Hall–Kier alpha value is -1.60. The Morgan fingerprint density at radius 1 is 1.38 bits per heavy atom. The zero-order chi connectivity index (χ0) is 12.2. The van der Waals surface area contributed by atoms with Gasteiger partial charge >= 0.3 is 6.09 Å². The fraction of sp³-hybridized carbons (Fsp3) is 0.222. The predicted molar refractivity (Wildman–Crippen MR) is 57.8 cm³/mol. The van der Waals surface area contributed by atoms with Crippen LogP contribution in [0.4, 0.5) is 4.79 Å². The molecule has 3 N–H and O–H groups in total. The number of nitrogens with one attached hydrogen (secondary N) is 1. The van der Waals surface area contributed by atoms with Crippen molar-refractivity contribution in [2.75, 3.05) is 7.05 Å². The van der Waals surface area contributed by atoms with Crippen molar-refractivity contribution in [3.63, 3.8) is 0 Å². The number of rotatable bonds is 4. The number of carbonyl (C=O) groups excluding carboxylic acids is 1. The van der Waals surface area contributed by atoms with Gasteiger partial charge in [0, 0.05) is 5.56 Å². The number of amides is 1. The van der Waals surface area contributed by atoms with Gasteiger partial charge in [-0.05, 0) is 7.05 Å². The maximum absolute atomic E-state index is 11.6. The first kappa shape index (κ1) is 12.5. The van der Waals surface area contributed by atoms with E-state index in [1.807, 2.05) is 0 Å². The van der Waals surface area contributed by atoms with E-state index in [0.717, 1.165) is 0 Å². The topological polar surface area (TPSA) is 98.5 Å². The van der Waals surface area contributed by atoms with E-state index in [2.05, 4.69) is 9.46 Å². The van der Waals surface area contributed by atoms with E-state index >= 15 is 0 Å². The minimum absolute atomic E-state index is 0.329. The monoisotopic (exact) mass is 244 g/mol. The van der Waals surface area contributed by atoms with Crippen molar-refractivity contribution in [3.8, 4) is 0 Å². The zero-order valence-electron chi connectivity index (χ0n) is 8.58. The molecule has 7 heteroatoms. The second-order valence-corrected chi connectivity index (χ2v) is 4.86. The number of ether oxygens (including phenoxy) is 1. The van der Waals surface area contributed by atoms with Crippen molar-refractivity contribution in [3.05, 3.63) is 35.9 Å². The van der Waals surface area contributed by atoms with Crippen molar-refractivity contribution in [2.24, 2.45) is 5.73 Å². The summed E-state index contributed by atoms with van der Waals surface area (Å²) < 4.78 is 29.8. The van der Waals surface area contributed by atoms with E-state index < -0.39 is 21.6 Å². The summed E-state index contributed by atoms with van der Waals surface area (Å²) >= 11 is 0. The first-order chi connectivity index (χ1) is 7.47. The Labute approximate surface area is 93.5 Å². The molecule has 1 unspecified atom stereocenters. The van der Waals surface area contributed by atoms with E-state index in [1.54, 1.807) is 18.2 Å². The second-order valence-electron chi connectivity index (χ2n) is 2.93. The second kappa shape index (κ2) is 4.95. The predicted octanol–water partition coefficient (Wildman–Crippen LogP) is 0.330. The average molecular weight is 244 g/mol. The van der Waals surface area contributed by atoms with Crippen molar-refractivity contribution in [1.82, 2.24) is 4.72 Å². The molecule has 1 atom stereocenters. The van der Waals surface area contributed by atoms with Gasteiger partial charge in [-0.2, -0.15) is 0 Å². The molecule has 1 aromatic rings. The van der Waals surface area contributed by atoms with Gasteiger partial charge < -0.3 is 10.5 Å². The molecule has 1 amide bonds. The molecule has 0 bridgehead atoms. The molecule has 0 saturated carbocycles. The number of benzene rings is 1. The van der Waals surface area contributed by atoms with Gasteiger partial charge in [0.05, 0.1) is 0 Å². The Balaban J connectivity index is 3.12. The highest BCUT2D eigenvalue weighted by atomic mass is 32.2. The van der Waals surface area contributed by atoms with Crippen molar-refractivity contribution < 1.29 is 17.9 Å². The summed E-state index contributed by atoms with van der Waals surface area (Å²) in [4.78, 5) is 10.7. The van der Waals surface area contributed by atoms with Gasteiger partial charge in [-0.15, -0.1) is 0 Å². The molecule has 0 saturated heterocycles. The van der Waals surface area contributed by atoms with Crippen LogP contribution < -0.4 is 10.5 Å². The fourth-order valence-corrected chi connectivity index (χ4v) is 2.08. The third kappa shape index (κ3) is 2.94. The lowest BCUT2D eigenvalue weighted by atomic mass is 10.2. The Morgan fingerprint density at radius 3 is 2.38 bits per heavy atom. The number of nitrogens with two attached hydrogens (primary N) is 1. The van der Waals surface area contributed by atoms with Crippen LogP contribution in [0.5, 0.6) is 0 Å². The number of hydrogen-bond donors (Lipinski definition) is 2. The van der Waals surface area contributed by atoms with E-state index in [1.165, 1.54) is 19.2 Å². The van der Waals surface area contributed by atoms with Gasteiger partial charge in [0.25, 0.3) is 10.0 Å². The van der Waals surface area contributed by atoms with Crippen LogP contribution >= 0.6 is 0 Å². The third-order valence-electron chi connectivity index (χ3n) is 1.86. The molecule has 0 aromatic heterocycles. The van der Waals surface area contributed by atoms with Gasteiger partial charge in [-0.3, -0.25) is 0 Å². The van der Waals surface area contributed by atoms with Crippen LogP contribution in [0.3, 0.4) is 0 Å². The summed E-state index contributed by atoms with van der Waals surface area (Å²) in [6, 6.07) is 8.05. The fourth-order valence-electron chi connectivity index (χ4n) is 1.13. The molecule has 16 heavy (non-hydrogen) atoms. The molecule has 0 aliphatic heterocycles. The highest BCUT2D eigenvalue weighted by Gasteiger charge is 2.28. The third-order valence-corrected chi connectivity index (χ3v) is 3.36. The number of hydrogen-bond acceptors (Lipinski definition) is 4. The SMILES string of the molecule is CNS(=O)(=O)C(OC(N)=O)c1ccccc1. The molecule has 0 heterocycles. The summed E-state index contributed by atoms with van der Waals surface area (Å²) in [7, 11) is -2.55. The molecule has 0 radical (unpaired) electrons. The van der Waals surface area contributed by atoms with Gasteiger partial charge in [0.2, 0.25) is 5.44 Å². The summed E-state index contributed by atoms with van der Waals surface area (Å²) in [6.45, 7) is 0. The maximum Gasteiger partial charge on any atom is 0.406 e. The Bertz CT molecular complexity index is 458. The van der Waals surface area contributed by atoms with E-state index in [-0.39, 0.29) is 0 Å². The molecule has 6 nitrogen and oxygen atoms in total. The van der Waals surface area contributed by atoms with Crippen molar-refractivity contribution >= 4 is 16.1 Å².